The summed E-state index contributed by atoms with van der Waals surface area (Å²) in [4.78, 5) is 0. The van der Waals surface area contributed by atoms with E-state index in [1.165, 1.54) is 0 Å². The van der Waals surface area contributed by atoms with Gasteiger partial charge in [-0.1, -0.05) is 0 Å². The number of hydrogen-bond acceptors (Lipinski definition) is 2. The molecule has 0 aromatic rings. The van der Waals surface area contributed by atoms with Crippen LogP contribution in [-0.2, 0) is 7.58 Å². The molecule has 0 heterocycles. The van der Waals surface area contributed by atoms with Crippen molar-refractivity contribution in [1.82, 2.24) is 0 Å². The zero-order valence-electron chi connectivity index (χ0n) is 5.19. The van der Waals surface area contributed by atoms with Crippen LogP contribution >= 0.6 is 0 Å². The van der Waals surface area contributed by atoms with Gasteiger partial charge >= 0.3 is 15.3 Å². The molecule has 0 aromatic heterocycles. The third-order valence-electron chi connectivity index (χ3n) is 0.595. The summed E-state index contributed by atoms with van der Waals surface area (Å²) in [5.41, 5.74) is 0. The fourth-order valence-electron chi connectivity index (χ4n) is 0.310. The van der Waals surface area contributed by atoms with Gasteiger partial charge in [-0.2, -0.15) is 0 Å². The van der Waals surface area contributed by atoms with Gasteiger partial charge in [0.05, 0.1) is 0 Å². The Bertz CT molecular complexity index is 47.3. The van der Waals surface area contributed by atoms with E-state index in [1.807, 2.05) is 0 Å². The molecule has 0 aliphatic rings. The molecule has 2 nitrogen and oxygen atoms in total. The molecule has 0 N–H and O–H groups in total. The first-order valence-electron chi connectivity index (χ1n) is 2.68. The van der Waals surface area contributed by atoms with Crippen LogP contribution in [0.3, 0.4) is 0 Å². The maximum atomic E-state index is 12.1. The molecule has 0 aliphatic carbocycles. The van der Waals surface area contributed by atoms with Crippen molar-refractivity contribution in [1.29, 1.82) is 0 Å². The minimum absolute atomic E-state index is 0.410. The summed E-state index contributed by atoms with van der Waals surface area (Å²) in [5, 5.41) is 0. The monoisotopic (exact) mass is 136 g/mol. The van der Waals surface area contributed by atoms with Gasteiger partial charge in [-0.3, -0.25) is 0 Å². The minimum atomic E-state index is -2.70. The maximum absolute atomic E-state index is 12.1. The average Bonchev–Trinajstić information content (AvgIpc) is 1.68. The third-order valence-corrected chi connectivity index (χ3v) is 1.79. The molecule has 0 saturated heterocycles. The molecule has 0 rings (SSSR count). The van der Waals surface area contributed by atoms with Gasteiger partial charge in [-0.15, -0.1) is 0 Å². The number of halogens is 1. The SMILES string of the molecule is CC[O][Al]([F])[O]CC. The highest BCUT2D eigenvalue weighted by Crippen LogP contribution is 1.88. The van der Waals surface area contributed by atoms with E-state index in [1.54, 1.807) is 13.8 Å². The Balaban J connectivity index is 2.92. The minimum Gasteiger partial charge on any atom is -0.452 e. The standard InChI is InChI=1S/2C2H5O.Al.FH/c2*1-2-3;;/h2*2H2,1H3;;1H/q2*-1;+3;/p-1. The molecule has 0 atom stereocenters. The van der Waals surface area contributed by atoms with Crippen molar-refractivity contribution >= 4 is 15.3 Å². The smallest absolute Gasteiger partial charge is 0.452 e. The average molecular weight is 136 g/mol. The molecular formula is C4H10AlFO2. The number of hydrogen-bond donors (Lipinski definition) is 0. The van der Waals surface area contributed by atoms with Gasteiger partial charge in [0.1, 0.15) is 0 Å². The van der Waals surface area contributed by atoms with Crippen molar-refractivity contribution in [2.45, 2.75) is 13.8 Å². The topological polar surface area (TPSA) is 18.5 Å². The molecule has 0 aliphatic heterocycles. The number of rotatable bonds is 4. The molecule has 0 spiro atoms. The van der Waals surface area contributed by atoms with E-state index >= 15 is 0 Å². The molecule has 0 fully saturated rings. The summed E-state index contributed by atoms with van der Waals surface area (Å²) in [5.74, 6) is 0. The predicted molar refractivity (Wildman–Crippen MR) is 30.1 cm³/mol. The Hall–Kier alpha value is 0.382. The largest absolute Gasteiger partial charge is 0.949 e. The van der Waals surface area contributed by atoms with Crippen molar-refractivity contribution in [3.8, 4) is 0 Å². The highest BCUT2D eigenvalue weighted by molar-refractivity contribution is 6.35. The van der Waals surface area contributed by atoms with Crippen LogP contribution in [0.25, 0.3) is 0 Å². The fraction of sp³-hybridized carbons (Fsp3) is 1.00. The molecule has 0 aromatic carbocycles. The van der Waals surface area contributed by atoms with E-state index in [-0.39, 0.29) is 0 Å². The summed E-state index contributed by atoms with van der Waals surface area (Å²) in [6.45, 7) is 4.32. The molecule has 0 radical (unpaired) electrons. The van der Waals surface area contributed by atoms with E-state index in [2.05, 4.69) is 7.58 Å². The van der Waals surface area contributed by atoms with Crippen LogP contribution < -0.4 is 0 Å². The zero-order chi connectivity index (χ0) is 6.41. The van der Waals surface area contributed by atoms with Crippen molar-refractivity contribution in [2.75, 3.05) is 13.2 Å². The zero-order valence-corrected chi connectivity index (χ0v) is 6.34. The molecule has 0 amide bonds. The highest BCUT2D eigenvalue weighted by atomic mass is 27.3. The van der Waals surface area contributed by atoms with Gasteiger partial charge in [0.15, 0.2) is 0 Å². The molecule has 0 unspecified atom stereocenters. The molecule has 0 saturated carbocycles. The van der Waals surface area contributed by atoms with E-state index in [4.69, 9.17) is 0 Å². The molecular weight excluding hydrogens is 126 g/mol. The second-order valence-electron chi connectivity index (χ2n) is 1.19. The van der Waals surface area contributed by atoms with E-state index in [9.17, 15) is 3.52 Å². The van der Waals surface area contributed by atoms with Crippen LogP contribution in [0.1, 0.15) is 13.8 Å². The van der Waals surface area contributed by atoms with Crippen LogP contribution in [0, 0.1) is 0 Å². The van der Waals surface area contributed by atoms with Crippen LogP contribution in [-0.4, -0.2) is 28.5 Å². The summed E-state index contributed by atoms with van der Waals surface area (Å²) >= 11 is -2.70. The summed E-state index contributed by atoms with van der Waals surface area (Å²) in [7, 11) is 0. The lowest BCUT2D eigenvalue weighted by atomic mass is 10.9. The van der Waals surface area contributed by atoms with Crippen molar-refractivity contribution in [3.05, 3.63) is 0 Å². The summed E-state index contributed by atoms with van der Waals surface area (Å²) in [6, 6.07) is 0. The van der Waals surface area contributed by atoms with Crippen molar-refractivity contribution in [2.24, 2.45) is 0 Å². The van der Waals surface area contributed by atoms with Gasteiger partial charge in [-0.25, -0.2) is 0 Å². The van der Waals surface area contributed by atoms with Gasteiger partial charge in [-0.05, 0) is 13.8 Å². The van der Waals surface area contributed by atoms with Crippen LogP contribution in [0.2, 0.25) is 0 Å². The Morgan fingerprint density at radius 2 is 1.62 bits per heavy atom. The molecule has 4 heteroatoms. The van der Waals surface area contributed by atoms with E-state index in [0.717, 1.165) is 0 Å². The van der Waals surface area contributed by atoms with Crippen LogP contribution in [0.15, 0.2) is 0 Å². The predicted octanol–water partition coefficient (Wildman–Crippen LogP) is 1.01. The Morgan fingerprint density at radius 1 is 1.25 bits per heavy atom. The van der Waals surface area contributed by atoms with Crippen molar-refractivity contribution in [3.63, 3.8) is 0 Å². The van der Waals surface area contributed by atoms with Gasteiger partial charge in [0.25, 0.3) is 0 Å². The van der Waals surface area contributed by atoms with Gasteiger partial charge in [0.2, 0.25) is 0 Å². The highest BCUT2D eigenvalue weighted by Gasteiger charge is 2.26. The molecule has 0 bridgehead atoms. The first kappa shape index (κ1) is 8.38. The fourth-order valence-corrected chi connectivity index (χ4v) is 0.931. The second-order valence-corrected chi connectivity index (χ2v) is 2.40. The first-order valence-corrected chi connectivity index (χ1v) is 4.06. The third kappa shape index (κ3) is 4.54. The first-order chi connectivity index (χ1) is 3.81. The lowest BCUT2D eigenvalue weighted by Crippen LogP contribution is -2.16. The summed E-state index contributed by atoms with van der Waals surface area (Å²) in [6.07, 6.45) is 0. The second kappa shape index (κ2) is 5.52. The lowest BCUT2D eigenvalue weighted by Gasteiger charge is -1.98. The molecule has 48 valence electrons. The van der Waals surface area contributed by atoms with Crippen molar-refractivity contribution < 1.29 is 11.1 Å². The van der Waals surface area contributed by atoms with Crippen LogP contribution in [0.4, 0.5) is 3.52 Å². The summed E-state index contributed by atoms with van der Waals surface area (Å²) < 4.78 is 21.2. The molecule has 8 heavy (non-hydrogen) atoms. The van der Waals surface area contributed by atoms with E-state index in [0.29, 0.717) is 13.2 Å². The Kier molecular flexibility index (Phi) is 5.78. The Labute approximate surface area is 54.1 Å². The normalized spacial score (nSPS) is 9.38. The Morgan fingerprint density at radius 3 is 1.88 bits per heavy atom. The lowest BCUT2D eigenvalue weighted by molar-refractivity contribution is 0.177. The van der Waals surface area contributed by atoms with Gasteiger partial charge < -0.3 is 11.1 Å². The maximum Gasteiger partial charge on any atom is 0.949 e. The van der Waals surface area contributed by atoms with E-state index < -0.39 is 15.3 Å². The van der Waals surface area contributed by atoms with Crippen LogP contribution in [0.5, 0.6) is 0 Å². The quantitative estimate of drug-likeness (QED) is 0.537. The van der Waals surface area contributed by atoms with Gasteiger partial charge in [0, 0.05) is 13.2 Å².